The summed E-state index contributed by atoms with van der Waals surface area (Å²) < 4.78 is 4.94. The molecule has 0 saturated carbocycles. The van der Waals surface area contributed by atoms with Crippen LogP contribution in [0.15, 0.2) is 182 Å². The third kappa shape index (κ3) is 11.0. The number of fused-ring (bicyclic) bond motifs is 6. The van der Waals surface area contributed by atoms with Crippen molar-refractivity contribution in [1.82, 2.24) is 24.1 Å². The van der Waals surface area contributed by atoms with Crippen molar-refractivity contribution in [3.63, 3.8) is 0 Å². The summed E-state index contributed by atoms with van der Waals surface area (Å²) in [7, 11) is 0. The minimum atomic E-state index is -0.137. The van der Waals surface area contributed by atoms with E-state index < -0.39 is 0 Å². The van der Waals surface area contributed by atoms with Crippen molar-refractivity contribution >= 4 is 43.6 Å². The fourth-order valence-corrected chi connectivity index (χ4v) is 12.4. The Morgan fingerprint density at radius 1 is 0.284 bits per heavy atom. The molecule has 0 fully saturated rings. The Hall–Kier alpha value is -8.92. The van der Waals surface area contributed by atoms with Gasteiger partial charge in [-0.25, -0.2) is 15.0 Å². The van der Waals surface area contributed by atoms with Crippen LogP contribution in [0.5, 0.6) is 0 Å². The maximum atomic E-state index is 9.93. The highest BCUT2D eigenvalue weighted by atomic mass is 15.0. The summed E-state index contributed by atoms with van der Waals surface area (Å²) in [5, 5.41) is 14.7. The molecule has 9 aromatic carbocycles. The van der Waals surface area contributed by atoms with Crippen LogP contribution in [-0.2, 0) is 32.5 Å². The monoisotopic (exact) mass is 1150 g/mol. The summed E-state index contributed by atoms with van der Waals surface area (Å²) >= 11 is 0. The number of rotatable bonds is 7. The van der Waals surface area contributed by atoms with E-state index in [1.807, 2.05) is 12.1 Å². The normalized spacial score (nSPS) is 12.9. The Morgan fingerprint density at radius 2 is 0.659 bits per heavy atom. The number of benzene rings is 9. The Labute approximate surface area is 522 Å². The zero-order valence-corrected chi connectivity index (χ0v) is 55.0. The number of hydrogen-bond acceptors (Lipinski definition) is 4. The zero-order valence-electron chi connectivity index (χ0n) is 55.0. The molecule has 0 aliphatic carbocycles. The van der Waals surface area contributed by atoms with E-state index in [9.17, 15) is 5.26 Å². The number of hydrogen-bond donors (Lipinski definition) is 0. The molecule has 88 heavy (non-hydrogen) atoms. The van der Waals surface area contributed by atoms with Crippen LogP contribution < -0.4 is 0 Å². The van der Waals surface area contributed by atoms with Crippen molar-refractivity contribution < 1.29 is 0 Å². The molecule has 0 spiro atoms. The first-order chi connectivity index (χ1) is 41.3. The van der Waals surface area contributed by atoms with Crippen molar-refractivity contribution in [2.45, 2.75) is 157 Å². The molecule has 0 atom stereocenters. The largest absolute Gasteiger partial charge is 0.309 e. The molecule has 0 N–H and O–H groups in total. The fraction of sp³-hybridized carbons (Fsp3) is 0.293. The van der Waals surface area contributed by atoms with Gasteiger partial charge in [-0.05, 0) is 174 Å². The van der Waals surface area contributed by atoms with E-state index in [0.717, 1.165) is 72.4 Å². The van der Waals surface area contributed by atoms with Crippen molar-refractivity contribution in [2.75, 3.05) is 0 Å². The quantitative estimate of drug-likeness (QED) is 0.159. The smallest absolute Gasteiger partial charge is 0.164 e. The first-order valence-electron chi connectivity index (χ1n) is 31.3. The molecule has 0 amide bonds. The highest BCUT2D eigenvalue weighted by Crippen LogP contribution is 2.46. The Bertz CT molecular complexity index is 4620. The number of nitriles is 1. The Balaban J connectivity index is 1.22. The standard InChI is InChI=1S/C82H84N6/c1-77(2,3)56-33-37-71-66(47-56)62-23-19-21-25-68(62)87(71)70-36-32-53(74-84-75(54-39-58(79(7,8)9)45-59(40-54)80(10,11)12)86-76(85-74)55-41-60(81(13,14)15)46-61(42-55)82(16,17)18)43-65(70)64-35-31-52(51-29-27-50(49-83)28-30-51)44-73(64)88-69-26-22-20-24-63(69)67-48-57(78(4,5)6)34-38-72(67)88/h19-48H,1-18H3. The van der Waals surface area contributed by atoms with E-state index in [4.69, 9.17) is 15.0 Å². The second-order valence-corrected chi connectivity index (χ2v) is 30.7. The van der Waals surface area contributed by atoms with E-state index in [1.165, 1.54) is 54.9 Å². The lowest BCUT2D eigenvalue weighted by molar-refractivity contribution is 0.568. The molecular formula is C82H84N6. The van der Waals surface area contributed by atoms with Gasteiger partial charge in [0.05, 0.1) is 45.1 Å². The van der Waals surface area contributed by atoms with Crippen LogP contribution in [-0.4, -0.2) is 24.1 Å². The lowest BCUT2D eigenvalue weighted by atomic mass is 9.79. The van der Waals surface area contributed by atoms with Crippen LogP contribution in [0.1, 0.15) is 164 Å². The molecule has 6 nitrogen and oxygen atoms in total. The number of aromatic nitrogens is 5. The average molecular weight is 1150 g/mol. The first-order valence-corrected chi connectivity index (χ1v) is 31.3. The van der Waals surface area contributed by atoms with Crippen molar-refractivity contribution in [2.24, 2.45) is 0 Å². The van der Waals surface area contributed by atoms with E-state index in [-0.39, 0.29) is 32.5 Å². The predicted octanol–water partition coefficient (Wildman–Crippen LogP) is 22.1. The lowest BCUT2D eigenvalue weighted by Crippen LogP contribution is -2.17. The number of para-hydroxylation sites is 2. The van der Waals surface area contributed by atoms with Gasteiger partial charge in [0, 0.05) is 49.4 Å². The third-order valence-corrected chi connectivity index (χ3v) is 17.9. The van der Waals surface area contributed by atoms with Gasteiger partial charge < -0.3 is 9.13 Å². The summed E-state index contributed by atoms with van der Waals surface area (Å²) in [6.45, 7) is 41.1. The van der Waals surface area contributed by atoms with Crippen LogP contribution in [0.4, 0.5) is 0 Å². The van der Waals surface area contributed by atoms with Gasteiger partial charge in [0.25, 0.3) is 0 Å². The van der Waals surface area contributed by atoms with Gasteiger partial charge in [-0.15, -0.1) is 0 Å². The maximum absolute atomic E-state index is 9.93. The van der Waals surface area contributed by atoms with Gasteiger partial charge in [-0.1, -0.05) is 210 Å². The average Bonchev–Trinajstić information content (AvgIpc) is 1.64. The van der Waals surface area contributed by atoms with Gasteiger partial charge in [-0.3, -0.25) is 0 Å². The number of nitrogens with zero attached hydrogens (tertiary/aromatic N) is 6. The molecule has 442 valence electrons. The van der Waals surface area contributed by atoms with Crippen LogP contribution in [0.2, 0.25) is 0 Å². The topological polar surface area (TPSA) is 72.3 Å². The molecule has 12 aromatic rings. The summed E-state index contributed by atoms with van der Waals surface area (Å²) in [5.41, 5.74) is 20.8. The molecule has 0 aliphatic rings. The highest BCUT2D eigenvalue weighted by molar-refractivity contribution is 6.12. The summed E-state index contributed by atoms with van der Waals surface area (Å²) in [4.78, 5) is 16.8. The molecule has 3 aromatic heterocycles. The minimum absolute atomic E-state index is 0.0568. The van der Waals surface area contributed by atoms with Gasteiger partial charge in [0.15, 0.2) is 17.5 Å². The Kier molecular flexibility index (Phi) is 14.3. The SMILES string of the molecule is CC(C)(C)c1cc(-c2nc(-c3cc(C(C)(C)C)cc(C(C)(C)C)c3)nc(-c3ccc(-n4c5ccccc5c5cc(C(C)(C)C)ccc54)c(-c4ccc(-c5ccc(C#N)cc5)cc4-n4c5ccccc5c5cc(C(C)(C)C)ccc54)c3)n2)cc(C(C)(C)C)c1. The molecule has 0 unspecified atom stereocenters. The summed E-state index contributed by atoms with van der Waals surface area (Å²) in [6, 6.07) is 69.7. The van der Waals surface area contributed by atoms with Crippen LogP contribution >= 0.6 is 0 Å². The Morgan fingerprint density at radius 3 is 1.08 bits per heavy atom. The molecule has 0 aliphatic heterocycles. The molecule has 0 saturated heterocycles. The molecule has 12 rings (SSSR count). The van der Waals surface area contributed by atoms with Crippen LogP contribution in [0.25, 0.3) is 111 Å². The van der Waals surface area contributed by atoms with E-state index in [1.54, 1.807) is 0 Å². The van der Waals surface area contributed by atoms with Gasteiger partial charge in [0.1, 0.15) is 0 Å². The van der Waals surface area contributed by atoms with Crippen LogP contribution in [0, 0.1) is 11.3 Å². The fourth-order valence-electron chi connectivity index (χ4n) is 12.4. The van der Waals surface area contributed by atoms with E-state index in [0.29, 0.717) is 23.0 Å². The second kappa shape index (κ2) is 21.2. The third-order valence-electron chi connectivity index (χ3n) is 17.9. The van der Waals surface area contributed by atoms with Gasteiger partial charge >= 0.3 is 0 Å². The molecule has 6 heteroatoms. The predicted molar refractivity (Wildman–Crippen MR) is 373 cm³/mol. The van der Waals surface area contributed by atoms with Crippen molar-refractivity contribution in [3.05, 3.63) is 221 Å². The van der Waals surface area contributed by atoms with E-state index in [2.05, 4.69) is 310 Å². The minimum Gasteiger partial charge on any atom is -0.309 e. The first kappa shape index (κ1) is 59.4. The zero-order chi connectivity index (χ0) is 62.8. The molecule has 3 heterocycles. The van der Waals surface area contributed by atoms with Crippen LogP contribution in [0.3, 0.4) is 0 Å². The molecular weight excluding hydrogens is 1070 g/mol. The van der Waals surface area contributed by atoms with Gasteiger partial charge in [0.2, 0.25) is 0 Å². The van der Waals surface area contributed by atoms with Crippen molar-refractivity contribution in [1.29, 1.82) is 5.26 Å². The molecule has 0 bridgehead atoms. The van der Waals surface area contributed by atoms with Gasteiger partial charge in [-0.2, -0.15) is 5.26 Å². The van der Waals surface area contributed by atoms with E-state index >= 15 is 0 Å². The summed E-state index contributed by atoms with van der Waals surface area (Å²) in [6.07, 6.45) is 0. The highest BCUT2D eigenvalue weighted by Gasteiger charge is 2.29. The molecule has 0 radical (unpaired) electrons. The van der Waals surface area contributed by atoms with Crippen molar-refractivity contribution in [3.8, 4) is 73.9 Å². The lowest BCUT2D eigenvalue weighted by Gasteiger charge is -2.26. The second-order valence-electron chi connectivity index (χ2n) is 30.7. The maximum Gasteiger partial charge on any atom is 0.164 e. The summed E-state index contributed by atoms with van der Waals surface area (Å²) in [5.74, 6) is 1.85.